The first kappa shape index (κ1) is 11.4. The molecule has 2 aliphatic rings. The van der Waals surface area contributed by atoms with Crippen LogP contribution in [0.15, 0.2) is 24.3 Å². The molecule has 0 bridgehead atoms. The van der Waals surface area contributed by atoms with Crippen molar-refractivity contribution >= 4 is 6.09 Å². The first-order valence-corrected chi connectivity index (χ1v) is 6.47. The van der Waals surface area contributed by atoms with Crippen LogP contribution in [0.3, 0.4) is 0 Å². The fourth-order valence-electron chi connectivity index (χ4n) is 2.83. The number of rotatable bonds is 1. The Hall–Kier alpha value is -1.71. The Morgan fingerprint density at radius 2 is 2.33 bits per heavy atom. The maximum Gasteiger partial charge on any atom is 0.409 e. The van der Waals surface area contributed by atoms with E-state index in [1.165, 1.54) is 5.56 Å². The number of nitrogens with zero attached hydrogens (tertiary/aromatic N) is 1. The standard InChI is InChI=1S/C14H17NO3/c1-2-17-14(16)15-8-7-11-10-5-3-4-6-12(10)18-13(11)9-15/h3-6,11,13H,2,7-9H2,1H3/t11-,13-/m0/s1. The number of para-hydroxylation sites is 1. The number of hydrogen-bond acceptors (Lipinski definition) is 3. The zero-order valence-electron chi connectivity index (χ0n) is 10.5. The van der Waals surface area contributed by atoms with Gasteiger partial charge in [-0.05, 0) is 19.4 Å². The number of amides is 1. The van der Waals surface area contributed by atoms with Crippen molar-refractivity contribution in [2.45, 2.75) is 25.4 Å². The molecule has 1 aromatic carbocycles. The summed E-state index contributed by atoms with van der Waals surface area (Å²) in [7, 11) is 0. The molecule has 0 N–H and O–H groups in total. The summed E-state index contributed by atoms with van der Waals surface area (Å²) in [6, 6.07) is 8.16. The second kappa shape index (κ2) is 4.52. The van der Waals surface area contributed by atoms with Crippen LogP contribution in [0.2, 0.25) is 0 Å². The highest BCUT2D eigenvalue weighted by Crippen LogP contribution is 2.42. The Morgan fingerprint density at radius 1 is 1.50 bits per heavy atom. The van der Waals surface area contributed by atoms with Crippen LogP contribution in [0, 0.1) is 0 Å². The van der Waals surface area contributed by atoms with Crippen LogP contribution in [-0.2, 0) is 4.74 Å². The molecule has 0 radical (unpaired) electrons. The molecule has 2 atom stereocenters. The zero-order valence-corrected chi connectivity index (χ0v) is 10.5. The summed E-state index contributed by atoms with van der Waals surface area (Å²) in [6.07, 6.45) is 0.802. The fourth-order valence-corrected chi connectivity index (χ4v) is 2.83. The Balaban J connectivity index is 1.73. The molecule has 1 aromatic rings. The molecule has 96 valence electrons. The van der Waals surface area contributed by atoms with E-state index in [-0.39, 0.29) is 12.2 Å². The SMILES string of the molecule is CCOC(=O)N1CC[C@H]2c3ccccc3O[C@H]2C1. The maximum absolute atomic E-state index is 11.7. The van der Waals surface area contributed by atoms with Crippen molar-refractivity contribution in [1.29, 1.82) is 0 Å². The van der Waals surface area contributed by atoms with Crippen LogP contribution < -0.4 is 4.74 Å². The average Bonchev–Trinajstić information content (AvgIpc) is 2.76. The van der Waals surface area contributed by atoms with Gasteiger partial charge >= 0.3 is 6.09 Å². The number of carbonyl (C=O) groups excluding carboxylic acids is 1. The summed E-state index contributed by atoms with van der Waals surface area (Å²) in [5.74, 6) is 1.39. The lowest BCUT2D eigenvalue weighted by molar-refractivity contribution is 0.0624. The Labute approximate surface area is 106 Å². The molecule has 2 heterocycles. The van der Waals surface area contributed by atoms with Crippen LogP contribution in [0.4, 0.5) is 4.79 Å². The normalized spacial score (nSPS) is 25.1. The van der Waals surface area contributed by atoms with Crippen molar-refractivity contribution in [2.24, 2.45) is 0 Å². The lowest BCUT2D eigenvalue weighted by atomic mass is 9.89. The van der Waals surface area contributed by atoms with E-state index in [0.717, 1.165) is 18.7 Å². The van der Waals surface area contributed by atoms with Crippen molar-refractivity contribution in [1.82, 2.24) is 4.90 Å². The molecule has 1 amide bonds. The van der Waals surface area contributed by atoms with Crippen LogP contribution >= 0.6 is 0 Å². The molecule has 1 saturated heterocycles. The average molecular weight is 247 g/mol. The summed E-state index contributed by atoms with van der Waals surface area (Å²) < 4.78 is 11.0. The molecule has 0 saturated carbocycles. The van der Waals surface area contributed by atoms with Gasteiger partial charge in [-0.2, -0.15) is 0 Å². The van der Waals surface area contributed by atoms with E-state index >= 15 is 0 Å². The van der Waals surface area contributed by atoms with Crippen LogP contribution in [0.25, 0.3) is 0 Å². The maximum atomic E-state index is 11.7. The number of fused-ring (bicyclic) bond motifs is 3. The summed E-state index contributed by atoms with van der Waals surface area (Å²) in [6.45, 7) is 3.62. The molecular formula is C14H17NO3. The molecule has 0 aliphatic carbocycles. The second-order valence-corrected chi connectivity index (χ2v) is 4.73. The van der Waals surface area contributed by atoms with Gasteiger partial charge < -0.3 is 14.4 Å². The van der Waals surface area contributed by atoms with Gasteiger partial charge in [0.15, 0.2) is 0 Å². The lowest BCUT2D eigenvalue weighted by Crippen LogP contribution is -2.46. The van der Waals surface area contributed by atoms with Crippen molar-refractivity contribution < 1.29 is 14.3 Å². The molecule has 1 fully saturated rings. The lowest BCUT2D eigenvalue weighted by Gasteiger charge is -2.33. The van der Waals surface area contributed by atoms with E-state index in [4.69, 9.17) is 9.47 Å². The topological polar surface area (TPSA) is 38.8 Å². The van der Waals surface area contributed by atoms with Gasteiger partial charge in [-0.25, -0.2) is 4.79 Å². The van der Waals surface area contributed by atoms with E-state index in [0.29, 0.717) is 19.1 Å². The summed E-state index contributed by atoms with van der Waals surface area (Å²) in [4.78, 5) is 13.5. The van der Waals surface area contributed by atoms with Crippen molar-refractivity contribution in [3.63, 3.8) is 0 Å². The van der Waals surface area contributed by atoms with Gasteiger partial charge in [0.25, 0.3) is 0 Å². The number of piperidine rings is 1. The predicted molar refractivity (Wildman–Crippen MR) is 66.8 cm³/mol. The van der Waals surface area contributed by atoms with E-state index in [1.807, 2.05) is 25.1 Å². The quantitative estimate of drug-likeness (QED) is 0.765. The third-order valence-electron chi connectivity index (χ3n) is 3.68. The zero-order chi connectivity index (χ0) is 12.5. The molecule has 0 unspecified atom stereocenters. The molecule has 18 heavy (non-hydrogen) atoms. The van der Waals surface area contributed by atoms with E-state index in [2.05, 4.69) is 6.07 Å². The van der Waals surface area contributed by atoms with E-state index in [1.54, 1.807) is 4.90 Å². The van der Waals surface area contributed by atoms with Crippen LogP contribution in [0.5, 0.6) is 5.75 Å². The molecule has 4 heteroatoms. The minimum absolute atomic E-state index is 0.0838. The van der Waals surface area contributed by atoms with E-state index in [9.17, 15) is 4.79 Å². The van der Waals surface area contributed by atoms with Gasteiger partial charge in [0.2, 0.25) is 0 Å². The van der Waals surface area contributed by atoms with Gasteiger partial charge in [0.05, 0.1) is 13.2 Å². The van der Waals surface area contributed by atoms with Gasteiger partial charge in [-0.15, -0.1) is 0 Å². The smallest absolute Gasteiger partial charge is 0.409 e. The largest absolute Gasteiger partial charge is 0.488 e. The molecule has 3 rings (SSSR count). The van der Waals surface area contributed by atoms with E-state index < -0.39 is 0 Å². The third kappa shape index (κ3) is 1.82. The first-order chi connectivity index (χ1) is 8.79. The monoisotopic (exact) mass is 247 g/mol. The summed E-state index contributed by atoms with van der Waals surface area (Å²) in [5.41, 5.74) is 1.28. The molecule has 2 aliphatic heterocycles. The minimum atomic E-state index is -0.226. The van der Waals surface area contributed by atoms with Gasteiger partial charge in [-0.3, -0.25) is 0 Å². The fraction of sp³-hybridized carbons (Fsp3) is 0.500. The number of carbonyl (C=O) groups is 1. The Kier molecular flexibility index (Phi) is 2.86. The number of benzene rings is 1. The van der Waals surface area contributed by atoms with Crippen molar-refractivity contribution in [3.05, 3.63) is 29.8 Å². The van der Waals surface area contributed by atoms with Gasteiger partial charge in [0, 0.05) is 18.0 Å². The van der Waals surface area contributed by atoms with Crippen LogP contribution in [0.1, 0.15) is 24.8 Å². The van der Waals surface area contributed by atoms with Crippen molar-refractivity contribution in [2.75, 3.05) is 19.7 Å². The number of hydrogen-bond donors (Lipinski definition) is 0. The predicted octanol–water partition coefficient (Wildman–Crippen LogP) is 2.39. The highest BCUT2D eigenvalue weighted by atomic mass is 16.6. The van der Waals surface area contributed by atoms with Crippen LogP contribution in [-0.4, -0.2) is 36.8 Å². The van der Waals surface area contributed by atoms with Gasteiger partial charge in [0.1, 0.15) is 11.9 Å². The Morgan fingerprint density at radius 3 is 3.17 bits per heavy atom. The third-order valence-corrected chi connectivity index (χ3v) is 3.68. The molecule has 4 nitrogen and oxygen atoms in total. The molecular weight excluding hydrogens is 230 g/mol. The minimum Gasteiger partial charge on any atom is -0.488 e. The molecule has 0 aromatic heterocycles. The Bertz CT molecular complexity index is 460. The summed E-state index contributed by atoms with van der Waals surface area (Å²) in [5, 5.41) is 0. The summed E-state index contributed by atoms with van der Waals surface area (Å²) >= 11 is 0. The van der Waals surface area contributed by atoms with Crippen molar-refractivity contribution in [3.8, 4) is 5.75 Å². The molecule has 0 spiro atoms. The first-order valence-electron chi connectivity index (χ1n) is 6.47. The second-order valence-electron chi connectivity index (χ2n) is 4.73. The number of likely N-dealkylation sites (tertiary alicyclic amines) is 1. The highest BCUT2D eigenvalue weighted by molar-refractivity contribution is 5.68. The van der Waals surface area contributed by atoms with Gasteiger partial charge in [-0.1, -0.05) is 18.2 Å². The number of ether oxygens (including phenoxy) is 2. The highest BCUT2D eigenvalue weighted by Gasteiger charge is 2.40.